The van der Waals surface area contributed by atoms with Gasteiger partial charge in [0.1, 0.15) is 0 Å². The zero-order valence-corrected chi connectivity index (χ0v) is 11.3. The fourth-order valence-corrected chi connectivity index (χ4v) is 2.13. The summed E-state index contributed by atoms with van der Waals surface area (Å²) in [5.74, 6) is 0. The van der Waals surface area contributed by atoms with Crippen molar-refractivity contribution in [1.29, 1.82) is 0 Å². The van der Waals surface area contributed by atoms with Crippen molar-refractivity contribution in [3.05, 3.63) is 23.3 Å². The summed E-state index contributed by atoms with van der Waals surface area (Å²) in [4.78, 5) is 0. The summed E-state index contributed by atoms with van der Waals surface area (Å²) in [5, 5.41) is 0. The van der Waals surface area contributed by atoms with E-state index in [2.05, 4.69) is 41.5 Å². The first-order valence-electron chi connectivity index (χ1n) is 5.74. The van der Waals surface area contributed by atoms with Crippen molar-refractivity contribution < 1.29 is 0 Å². The van der Waals surface area contributed by atoms with Gasteiger partial charge in [0.2, 0.25) is 0 Å². The Morgan fingerprint density at radius 1 is 0.812 bits per heavy atom. The van der Waals surface area contributed by atoms with E-state index >= 15 is 0 Å². The second-order valence-corrected chi connectivity index (χ2v) is 6.49. The third-order valence-electron chi connectivity index (χ3n) is 2.84. The first-order chi connectivity index (χ1) is 7.05. The van der Waals surface area contributed by atoms with Gasteiger partial charge in [-0.1, -0.05) is 47.6 Å². The maximum absolute atomic E-state index is 6.28. The number of nitrogens with two attached hydrogens (primary N) is 2. The molecule has 0 amide bonds. The van der Waals surface area contributed by atoms with Crippen LogP contribution in [0.15, 0.2) is 12.1 Å². The predicted molar refractivity (Wildman–Crippen MR) is 72.7 cm³/mol. The van der Waals surface area contributed by atoms with Gasteiger partial charge in [0, 0.05) is 16.9 Å². The molecular weight excluding hydrogens is 196 g/mol. The van der Waals surface area contributed by atoms with Gasteiger partial charge in [-0.2, -0.15) is 0 Å². The number of hydrogen-bond donors (Lipinski definition) is 2. The lowest BCUT2D eigenvalue weighted by molar-refractivity contribution is 0.574. The van der Waals surface area contributed by atoms with E-state index < -0.39 is 0 Å². The highest BCUT2D eigenvalue weighted by atomic mass is 14.7. The van der Waals surface area contributed by atoms with Crippen LogP contribution in [0.5, 0.6) is 0 Å². The molecule has 4 N–H and O–H groups in total. The van der Waals surface area contributed by atoms with Crippen molar-refractivity contribution in [3.8, 4) is 0 Å². The molecule has 2 heteroatoms. The molecule has 2 nitrogen and oxygen atoms in total. The molecule has 0 fully saturated rings. The van der Waals surface area contributed by atoms with Gasteiger partial charge < -0.3 is 11.5 Å². The van der Waals surface area contributed by atoms with E-state index in [9.17, 15) is 0 Å². The third-order valence-corrected chi connectivity index (χ3v) is 2.84. The van der Waals surface area contributed by atoms with Crippen molar-refractivity contribution >= 4 is 11.4 Å². The summed E-state index contributed by atoms with van der Waals surface area (Å²) in [6.45, 7) is 12.9. The molecule has 0 radical (unpaired) electrons. The van der Waals surface area contributed by atoms with Crippen LogP contribution < -0.4 is 11.5 Å². The highest BCUT2D eigenvalue weighted by molar-refractivity contribution is 5.69. The van der Waals surface area contributed by atoms with Crippen LogP contribution in [0.3, 0.4) is 0 Å². The average Bonchev–Trinajstić information content (AvgIpc) is 1.97. The van der Waals surface area contributed by atoms with Crippen molar-refractivity contribution in [3.63, 3.8) is 0 Å². The van der Waals surface area contributed by atoms with E-state index in [4.69, 9.17) is 11.5 Å². The fraction of sp³-hybridized carbons (Fsp3) is 0.571. The Morgan fingerprint density at radius 3 is 1.69 bits per heavy atom. The molecule has 16 heavy (non-hydrogen) atoms. The van der Waals surface area contributed by atoms with Crippen LogP contribution >= 0.6 is 0 Å². The second-order valence-electron chi connectivity index (χ2n) is 6.49. The summed E-state index contributed by atoms with van der Waals surface area (Å²) in [7, 11) is 0. The molecule has 0 bridgehead atoms. The molecule has 1 rings (SSSR count). The van der Waals surface area contributed by atoms with Gasteiger partial charge in [-0.05, 0) is 22.5 Å². The van der Waals surface area contributed by atoms with E-state index in [1.165, 1.54) is 5.56 Å². The molecule has 0 heterocycles. The van der Waals surface area contributed by atoms with E-state index in [1.54, 1.807) is 0 Å². The zero-order valence-electron chi connectivity index (χ0n) is 11.3. The summed E-state index contributed by atoms with van der Waals surface area (Å²) in [5.41, 5.74) is 16.2. The molecule has 0 atom stereocenters. The van der Waals surface area contributed by atoms with Gasteiger partial charge in [-0.25, -0.2) is 0 Å². The standard InChI is InChI=1S/C14H24N2/c1-13(2,3)9-7-8-10(15)11(12(9)16)14(4,5)6/h7-8H,15-16H2,1-6H3. The van der Waals surface area contributed by atoms with Crippen LogP contribution in [0.4, 0.5) is 11.4 Å². The number of rotatable bonds is 0. The first kappa shape index (κ1) is 12.9. The molecule has 0 aliphatic carbocycles. The molecule has 0 aromatic heterocycles. The molecule has 90 valence electrons. The summed E-state index contributed by atoms with van der Waals surface area (Å²) < 4.78 is 0. The topological polar surface area (TPSA) is 52.0 Å². The van der Waals surface area contributed by atoms with Gasteiger partial charge >= 0.3 is 0 Å². The van der Waals surface area contributed by atoms with E-state index in [-0.39, 0.29) is 10.8 Å². The van der Waals surface area contributed by atoms with Crippen LogP contribution in [0.25, 0.3) is 0 Å². The highest BCUT2D eigenvalue weighted by Crippen LogP contribution is 2.39. The lowest BCUT2D eigenvalue weighted by atomic mass is 9.78. The Balaban J connectivity index is 3.52. The predicted octanol–water partition coefficient (Wildman–Crippen LogP) is 3.45. The van der Waals surface area contributed by atoms with Crippen LogP contribution in [-0.4, -0.2) is 0 Å². The zero-order chi connectivity index (χ0) is 12.7. The lowest BCUT2D eigenvalue weighted by Gasteiger charge is -2.29. The van der Waals surface area contributed by atoms with Crippen LogP contribution in [0, 0.1) is 0 Å². The molecule has 0 aliphatic heterocycles. The molecule has 0 unspecified atom stereocenters. The maximum atomic E-state index is 6.28. The molecule has 1 aromatic carbocycles. The molecular formula is C14H24N2. The van der Waals surface area contributed by atoms with E-state index in [0.717, 1.165) is 16.9 Å². The van der Waals surface area contributed by atoms with Gasteiger partial charge in [0.15, 0.2) is 0 Å². The molecule has 0 aliphatic rings. The van der Waals surface area contributed by atoms with Crippen LogP contribution in [0.2, 0.25) is 0 Å². The molecule has 0 saturated carbocycles. The Kier molecular flexibility index (Phi) is 2.97. The second kappa shape index (κ2) is 3.69. The van der Waals surface area contributed by atoms with Crippen LogP contribution in [-0.2, 0) is 10.8 Å². The van der Waals surface area contributed by atoms with Crippen molar-refractivity contribution in [2.75, 3.05) is 11.5 Å². The Labute approximate surface area is 99.0 Å². The normalized spacial score (nSPS) is 12.9. The summed E-state index contributed by atoms with van der Waals surface area (Å²) >= 11 is 0. The van der Waals surface area contributed by atoms with Gasteiger partial charge in [-0.15, -0.1) is 0 Å². The minimum Gasteiger partial charge on any atom is -0.398 e. The highest BCUT2D eigenvalue weighted by Gasteiger charge is 2.25. The summed E-state index contributed by atoms with van der Waals surface area (Å²) in [6.07, 6.45) is 0. The summed E-state index contributed by atoms with van der Waals surface area (Å²) in [6, 6.07) is 4.01. The maximum Gasteiger partial charge on any atom is 0.0410 e. The molecule has 1 aromatic rings. The number of nitrogen functional groups attached to an aromatic ring is 2. The van der Waals surface area contributed by atoms with E-state index in [1.807, 2.05) is 12.1 Å². The minimum absolute atomic E-state index is 0.0184. The smallest absolute Gasteiger partial charge is 0.0410 e. The van der Waals surface area contributed by atoms with Crippen molar-refractivity contribution in [2.24, 2.45) is 0 Å². The number of benzene rings is 1. The minimum atomic E-state index is -0.0184. The van der Waals surface area contributed by atoms with Gasteiger partial charge in [0.25, 0.3) is 0 Å². The Bertz CT molecular complexity index is 392. The number of anilines is 2. The van der Waals surface area contributed by atoms with Crippen LogP contribution in [0.1, 0.15) is 52.7 Å². The quantitative estimate of drug-likeness (QED) is 0.658. The average molecular weight is 220 g/mol. The first-order valence-corrected chi connectivity index (χ1v) is 5.74. The van der Waals surface area contributed by atoms with Gasteiger partial charge in [0.05, 0.1) is 0 Å². The Morgan fingerprint density at radius 2 is 1.31 bits per heavy atom. The number of hydrogen-bond acceptors (Lipinski definition) is 2. The van der Waals surface area contributed by atoms with E-state index in [0.29, 0.717) is 0 Å². The van der Waals surface area contributed by atoms with Crippen molar-refractivity contribution in [1.82, 2.24) is 0 Å². The van der Waals surface area contributed by atoms with Crippen molar-refractivity contribution in [2.45, 2.75) is 52.4 Å². The monoisotopic (exact) mass is 220 g/mol. The largest absolute Gasteiger partial charge is 0.398 e. The van der Waals surface area contributed by atoms with Gasteiger partial charge in [-0.3, -0.25) is 0 Å². The Hall–Kier alpha value is -1.18. The third kappa shape index (κ3) is 2.31. The SMILES string of the molecule is CC(C)(C)c1ccc(N)c(C(C)(C)C)c1N. The molecule has 0 saturated heterocycles. The molecule has 0 spiro atoms. The lowest BCUT2D eigenvalue weighted by Crippen LogP contribution is -2.21. The fourth-order valence-electron chi connectivity index (χ4n) is 2.13.